The van der Waals surface area contributed by atoms with E-state index in [9.17, 15) is 4.79 Å². The monoisotopic (exact) mass is 295 g/mol. The predicted molar refractivity (Wildman–Crippen MR) is 87.4 cm³/mol. The molecule has 21 heavy (non-hydrogen) atoms. The van der Waals surface area contributed by atoms with Gasteiger partial charge in [0.25, 0.3) is 0 Å². The lowest BCUT2D eigenvalue weighted by Crippen LogP contribution is -2.61. The van der Waals surface area contributed by atoms with Crippen LogP contribution in [0.4, 0.5) is 0 Å². The molecule has 122 valence electrons. The van der Waals surface area contributed by atoms with E-state index in [0.717, 1.165) is 32.5 Å². The molecule has 0 spiro atoms. The van der Waals surface area contributed by atoms with Crippen molar-refractivity contribution in [3.63, 3.8) is 0 Å². The molecule has 2 rings (SSSR count). The molecule has 2 fully saturated rings. The number of amides is 1. The quantitative estimate of drug-likeness (QED) is 0.816. The van der Waals surface area contributed by atoms with E-state index < -0.39 is 0 Å². The Bertz CT molecular complexity index is 318. The van der Waals surface area contributed by atoms with Crippen LogP contribution in [0.3, 0.4) is 0 Å². The number of carbonyl (C=O) groups is 1. The van der Waals surface area contributed by atoms with Crippen LogP contribution in [0.1, 0.15) is 58.3 Å². The van der Waals surface area contributed by atoms with E-state index >= 15 is 0 Å². The molecule has 0 radical (unpaired) electrons. The topological polar surface area (TPSA) is 35.6 Å². The van der Waals surface area contributed by atoms with Gasteiger partial charge >= 0.3 is 0 Å². The van der Waals surface area contributed by atoms with Crippen LogP contribution in [0.2, 0.25) is 0 Å². The molecule has 0 aliphatic carbocycles. The predicted octanol–water partition coefficient (Wildman–Crippen LogP) is 2.24. The summed E-state index contributed by atoms with van der Waals surface area (Å²) in [6.07, 6.45) is 9.18. The van der Waals surface area contributed by atoms with Crippen molar-refractivity contribution < 1.29 is 4.79 Å². The Labute approximate surface area is 130 Å². The Morgan fingerprint density at radius 3 is 2.38 bits per heavy atom. The van der Waals surface area contributed by atoms with Crippen molar-refractivity contribution in [3.8, 4) is 0 Å². The highest BCUT2D eigenvalue weighted by molar-refractivity contribution is 5.75. The second-order valence-electron chi connectivity index (χ2n) is 6.96. The van der Waals surface area contributed by atoms with Gasteiger partial charge in [-0.1, -0.05) is 19.8 Å². The minimum Gasteiger partial charge on any atom is -0.354 e. The number of rotatable bonds is 6. The maximum Gasteiger partial charge on any atom is 0.220 e. The molecular formula is C17H33N3O. The van der Waals surface area contributed by atoms with E-state index in [2.05, 4.69) is 29.1 Å². The third-order valence-corrected chi connectivity index (χ3v) is 5.32. The van der Waals surface area contributed by atoms with Gasteiger partial charge in [-0.25, -0.2) is 0 Å². The zero-order chi connectivity index (χ0) is 15.1. The first-order valence-electron chi connectivity index (χ1n) is 8.86. The first-order valence-corrected chi connectivity index (χ1v) is 8.86. The molecular weight excluding hydrogens is 262 g/mol. The molecule has 0 atom stereocenters. The van der Waals surface area contributed by atoms with E-state index in [1.54, 1.807) is 0 Å². The van der Waals surface area contributed by atoms with Gasteiger partial charge < -0.3 is 10.2 Å². The average Bonchev–Trinajstić information content (AvgIpc) is 2.53. The molecule has 1 amide bonds. The molecule has 0 unspecified atom stereocenters. The highest BCUT2D eigenvalue weighted by Crippen LogP contribution is 2.30. The molecule has 2 aliphatic heterocycles. The smallest absolute Gasteiger partial charge is 0.220 e. The van der Waals surface area contributed by atoms with Crippen molar-refractivity contribution in [2.45, 2.75) is 63.8 Å². The number of unbranched alkanes of at least 4 members (excludes halogenated alkanes) is 1. The molecule has 4 nitrogen and oxygen atoms in total. The molecule has 2 aliphatic rings. The van der Waals surface area contributed by atoms with Crippen molar-refractivity contribution in [1.82, 2.24) is 15.1 Å². The third kappa shape index (κ3) is 4.68. The van der Waals surface area contributed by atoms with Gasteiger partial charge in [-0.15, -0.1) is 0 Å². The summed E-state index contributed by atoms with van der Waals surface area (Å²) in [5.41, 5.74) is 0.217. The zero-order valence-electron chi connectivity index (χ0n) is 14.0. The third-order valence-electron chi connectivity index (χ3n) is 5.32. The van der Waals surface area contributed by atoms with E-state index in [4.69, 9.17) is 0 Å². The summed E-state index contributed by atoms with van der Waals surface area (Å²) >= 11 is 0. The van der Waals surface area contributed by atoms with Gasteiger partial charge in [0.2, 0.25) is 5.91 Å². The van der Waals surface area contributed by atoms with Crippen LogP contribution in [-0.2, 0) is 4.79 Å². The van der Waals surface area contributed by atoms with Crippen LogP contribution < -0.4 is 5.32 Å². The molecule has 0 aromatic heterocycles. The first-order chi connectivity index (χ1) is 10.2. The maximum absolute atomic E-state index is 12.0. The molecule has 0 aromatic rings. The summed E-state index contributed by atoms with van der Waals surface area (Å²) in [7, 11) is 2.21. The Kier molecular flexibility index (Phi) is 6.49. The fraction of sp³-hybridized carbons (Fsp3) is 0.941. The lowest BCUT2D eigenvalue weighted by molar-refractivity contribution is -0.122. The van der Waals surface area contributed by atoms with Crippen LogP contribution >= 0.6 is 0 Å². The van der Waals surface area contributed by atoms with Crippen LogP contribution in [0, 0.1) is 0 Å². The number of hydrogen-bond donors (Lipinski definition) is 1. The summed E-state index contributed by atoms with van der Waals surface area (Å²) in [4.78, 5) is 17.1. The standard InChI is InChI=1S/C17H33N3O/c1-3-4-8-16(21)18-15-17(9-13-19(2)14-10-17)20-11-6-5-7-12-20/h3-15H2,1-2H3,(H,18,21). The summed E-state index contributed by atoms with van der Waals surface area (Å²) in [5, 5.41) is 3.24. The van der Waals surface area contributed by atoms with Crippen molar-refractivity contribution in [1.29, 1.82) is 0 Å². The lowest BCUT2D eigenvalue weighted by Gasteiger charge is -2.50. The Morgan fingerprint density at radius 2 is 1.76 bits per heavy atom. The van der Waals surface area contributed by atoms with Gasteiger partial charge in [0.1, 0.15) is 0 Å². The molecule has 2 heterocycles. The number of piperidine rings is 2. The molecule has 4 heteroatoms. The van der Waals surface area contributed by atoms with Crippen LogP contribution in [0.15, 0.2) is 0 Å². The number of nitrogens with one attached hydrogen (secondary N) is 1. The fourth-order valence-corrected chi connectivity index (χ4v) is 3.70. The van der Waals surface area contributed by atoms with E-state index in [1.165, 1.54) is 45.2 Å². The summed E-state index contributed by atoms with van der Waals surface area (Å²) in [6, 6.07) is 0. The Balaban J connectivity index is 1.93. The molecule has 0 saturated carbocycles. The Morgan fingerprint density at radius 1 is 1.10 bits per heavy atom. The van der Waals surface area contributed by atoms with E-state index in [1.807, 2.05) is 0 Å². The van der Waals surface area contributed by atoms with Crippen molar-refractivity contribution in [2.75, 3.05) is 39.8 Å². The molecule has 1 N–H and O–H groups in total. The minimum atomic E-state index is 0.217. The van der Waals surface area contributed by atoms with E-state index in [-0.39, 0.29) is 11.4 Å². The van der Waals surface area contributed by atoms with Crippen LogP contribution in [-0.4, -0.2) is 61.0 Å². The van der Waals surface area contributed by atoms with Crippen molar-refractivity contribution in [3.05, 3.63) is 0 Å². The lowest BCUT2D eigenvalue weighted by atomic mass is 9.84. The van der Waals surface area contributed by atoms with Crippen LogP contribution in [0.5, 0.6) is 0 Å². The summed E-state index contributed by atoms with van der Waals surface area (Å²) < 4.78 is 0. The molecule has 0 aromatic carbocycles. The van der Waals surface area contributed by atoms with Crippen molar-refractivity contribution >= 4 is 5.91 Å². The van der Waals surface area contributed by atoms with Gasteiger partial charge in [0.15, 0.2) is 0 Å². The summed E-state index contributed by atoms with van der Waals surface area (Å²) in [5.74, 6) is 0.243. The Hall–Kier alpha value is -0.610. The van der Waals surface area contributed by atoms with Gasteiger partial charge in [0.05, 0.1) is 0 Å². The van der Waals surface area contributed by atoms with Gasteiger partial charge in [-0.3, -0.25) is 9.69 Å². The largest absolute Gasteiger partial charge is 0.354 e. The number of likely N-dealkylation sites (tertiary alicyclic amines) is 2. The second kappa shape index (κ2) is 8.14. The fourth-order valence-electron chi connectivity index (χ4n) is 3.70. The van der Waals surface area contributed by atoms with E-state index in [0.29, 0.717) is 6.42 Å². The number of nitrogens with zero attached hydrogens (tertiary/aromatic N) is 2. The van der Waals surface area contributed by atoms with Crippen LogP contribution in [0.25, 0.3) is 0 Å². The second-order valence-corrected chi connectivity index (χ2v) is 6.96. The highest BCUT2D eigenvalue weighted by Gasteiger charge is 2.39. The molecule has 0 bridgehead atoms. The maximum atomic E-state index is 12.0. The highest BCUT2D eigenvalue weighted by atomic mass is 16.1. The van der Waals surface area contributed by atoms with Crippen molar-refractivity contribution in [2.24, 2.45) is 0 Å². The number of hydrogen-bond acceptors (Lipinski definition) is 3. The normalized spacial score (nSPS) is 23.9. The van der Waals surface area contributed by atoms with Gasteiger partial charge in [-0.05, 0) is 65.3 Å². The first kappa shape index (κ1) is 16.8. The number of carbonyl (C=O) groups excluding carboxylic acids is 1. The average molecular weight is 295 g/mol. The van der Waals surface area contributed by atoms with Gasteiger partial charge in [0, 0.05) is 18.5 Å². The van der Waals surface area contributed by atoms with Gasteiger partial charge in [-0.2, -0.15) is 0 Å². The molecule has 2 saturated heterocycles. The minimum absolute atomic E-state index is 0.217. The zero-order valence-corrected chi connectivity index (χ0v) is 14.0. The SMILES string of the molecule is CCCCC(=O)NCC1(N2CCCCC2)CCN(C)CC1. The summed E-state index contributed by atoms with van der Waals surface area (Å²) in [6.45, 7) is 7.73.